The molecule has 0 aromatic rings. The van der Waals surface area contributed by atoms with Crippen molar-refractivity contribution in [2.24, 2.45) is 11.7 Å². The molecule has 1 unspecified atom stereocenters. The standard InChI is InChI=1S/C15H26N4O/c1-3-6-11-10-19(12-7-4-5-8-12)14(17)13(9-16)18(2)15(11)20/h9,11-12,17H,3-8,10,16H2,1-2H3/b13-9+,17-14?. The molecule has 2 fully saturated rings. The van der Waals surface area contributed by atoms with Crippen molar-refractivity contribution in [3.8, 4) is 0 Å². The summed E-state index contributed by atoms with van der Waals surface area (Å²) in [6, 6.07) is 0.399. The molecule has 112 valence electrons. The van der Waals surface area contributed by atoms with Gasteiger partial charge >= 0.3 is 0 Å². The summed E-state index contributed by atoms with van der Waals surface area (Å²) in [5, 5.41) is 8.43. The molecule has 1 aliphatic carbocycles. The first kappa shape index (κ1) is 14.9. The van der Waals surface area contributed by atoms with Crippen LogP contribution in [0.15, 0.2) is 11.9 Å². The van der Waals surface area contributed by atoms with Crippen molar-refractivity contribution in [2.45, 2.75) is 51.5 Å². The highest BCUT2D eigenvalue weighted by Crippen LogP contribution is 2.29. The minimum Gasteiger partial charge on any atom is -0.403 e. The summed E-state index contributed by atoms with van der Waals surface area (Å²) in [5.41, 5.74) is 6.21. The molecule has 5 heteroatoms. The average Bonchev–Trinajstić information content (AvgIpc) is 2.94. The van der Waals surface area contributed by atoms with Crippen molar-refractivity contribution in [3.63, 3.8) is 0 Å². The number of hydrogen-bond acceptors (Lipinski definition) is 3. The molecule has 0 bridgehead atoms. The van der Waals surface area contributed by atoms with Crippen LogP contribution in [-0.2, 0) is 4.79 Å². The lowest BCUT2D eigenvalue weighted by atomic mass is 10.0. The van der Waals surface area contributed by atoms with E-state index in [1.54, 1.807) is 11.9 Å². The maximum Gasteiger partial charge on any atom is 0.231 e. The number of rotatable bonds is 3. The van der Waals surface area contributed by atoms with E-state index in [0.717, 1.165) is 25.7 Å². The fourth-order valence-electron chi connectivity index (χ4n) is 3.41. The van der Waals surface area contributed by atoms with Crippen LogP contribution in [0.4, 0.5) is 0 Å². The van der Waals surface area contributed by atoms with Crippen LogP contribution in [0.1, 0.15) is 45.4 Å². The predicted octanol–water partition coefficient (Wildman–Crippen LogP) is 1.90. The van der Waals surface area contributed by atoms with Crippen molar-refractivity contribution >= 4 is 11.7 Å². The number of nitrogens with zero attached hydrogens (tertiary/aromatic N) is 2. The molecule has 2 aliphatic rings. The molecule has 1 amide bonds. The third kappa shape index (κ3) is 2.67. The van der Waals surface area contributed by atoms with Crippen molar-refractivity contribution < 1.29 is 4.79 Å². The van der Waals surface area contributed by atoms with Crippen LogP contribution < -0.4 is 5.73 Å². The maximum absolute atomic E-state index is 12.5. The second-order valence-corrected chi connectivity index (χ2v) is 5.87. The summed E-state index contributed by atoms with van der Waals surface area (Å²) in [7, 11) is 1.73. The lowest BCUT2D eigenvalue weighted by Gasteiger charge is -2.31. The van der Waals surface area contributed by atoms with Gasteiger partial charge in [0.15, 0.2) is 0 Å². The number of amides is 1. The second kappa shape index (κ2) is 6.29. The monoisotopic (exact) mass is 278 g/mol. The fourth-order valence-corrected chi connectivity index (χ4v) is 3.41. The van der Waals surface area contributed by atoms with E-state index in [-0.39, 0.29) is 11.8 Å². The van der Waals surface area contributed by atoms with Crippen molar-refractivity contribution in [3.05, 3.63) is 11.9 Å². The molecule has 1 saturated carbocycles. The van der Waals surface area contributed by atoms with Crippen LogP contribution in [0.5, 0.6) is 0 Å². The zero-order valence-electron chi connectivity index (χ0n) is 12.6. The molecular weight excluding hydrogens is 252 g/mol. The minimum atomic E-state index is -0.0246. The first-order chi connectivity index (χ1) is 9.60. The van der Waals surface area contributed by atoms with Gasteiger partial charge in [-0.2, -0.15) is 0 Å². The van der Waals surface area contributed by atoms with E-state index in [0.29, 0.717) is 24.1 Å². The first-order valence-electron chi connectivity index (χ1n) is 7.65. The zero-order valence-corrected chi connectivity index (χ0v) is 12.6. The molecule has 3 N–H and O–H groups in total. The Morgan fingerprint density at radius 3 is 2.60 bits per heavy atom. The summed E-state index contributed by atoms with van der Waals surface area (Å²) >= 11 is 0. The fraction of sp³-hybridized carbons (Fsp3) is 0.733. The molecule has 0 radical (unpaired) electrons. The van der Waals surface area contributed by atoms with Gasteiger partial charge in [-0.05, 0) is 19.3 Å². The van der Waals surface area contributed by atoms with Gasteiger partial charge in [-0.1, -0.05) is 26.2 Å². The van der Waals surface area contributed by atoms with Crippen LogP contribution in [0, 0.1) is 11.3 Å². The molecule has 0 spiro atoms. The van der Waals surface area contributed by atoms with Gasteiger partial charge in [-0.15, -0.1) is 0 Å². The van der Waals surface area contributed by atoms with Gasteiger partial charge < -0.3 is 15.5 Å². The largest absolute Gasteiger partial charge is 0.403 e. The lowest BCUT2D eigenvalue weighted by Crippen LogP contribution is -2.41. The Morgan fingerprint density at radius 2 is 2.05 bits per heavy atom. The van der Waals surface area contributed by atoms with E-state index in [9.17, 15) is 4.79 Å². The van der Waals surface area contributed by atoms with E-state index < -0.39 is 0 Å². The Hall–Kier alpha value is -1.52. The molecule has 2 rings (SSSR count). The number of nitrogens with two attached hydrogens (primary N) is 1. The van der Waals surface area contributed by atoms with E-state index in [1.807, 2.05) is 0 Å². The van der Waals surface area contributed by atoms with Gasteiger partial charge in [0.25, 0.3) is 0 Å². The van der Waals surface area contributed by atoms with Crippen LogP contribution >= 0.6 is 0 Å². The highest BCUT2D eigenvalue weighted by atomic mass is 16.2. The number of carbonyl (C=O) groups is 1. The van der Waals surface area contributed by atoms with Gasteiger partial charge in [0.1, 0.15) is 11.5 Å². The van der Waals surface area contributed by atoms with Gasteiger partial charge in [-0.25, -0.2) is 0 Å². The second-order valence-electron chi connectivity index (χ2n) is 5.87. The molecule has 1 aliphatic heterocycles. The highest BCUT2D eigenvalue weighted by Gasteiger charge is 2.36. The Morgan fingerprint density at radius 1 is 1.40 bits per heavy atom. The smallest absolute Gasteiger partial charge is 0.231 e. The minimum absolute atomic E-state index is 0.0246. The van der Waals surface area contributed by atoms with Gasteiger partial charge in [0.05, 0.1) is 5.92 Å². The molecular formula is C15H26N4O. The van der Waals surface area contributed by atoms with Crippen molar-refractivity contribution in [1.29, 1.82) is 5.41 Å². The quantitative estimate of drug-likeness (QED) is 0.828. The topological polar surface area (TPSA) is 73.4 Å². The van der Waals surface area contributed by atoms with E-state index >= 15 is 0 Å². The number of likely N-dealkylation sites (N-methyl/N-ethyl adjacent to an activating group) is 1. The molecule has 20 heavy (non-hydrogen) atoms. The third-order valence-electron chi connectivity index (χ3n) is 4.55. The molecule has 1 atom stereocenters. The highest BCUT2D eigenvalue weighted by molar-refractivity contribution is 6.01. The summed E-state index contributed by atoms with van der Waals surface area (Å²) in [6.45, 7) is 2.76. The van der Waals surface area contributed by atoms with Crippen LogP contribution in [0.2, 0.25) is 0 Å². The Kier molecular flexibility index (Phi) is 4.68. The Balaban J connectivity index is 2.30. The summed E-state index contributed by atoms with van der Waals surface area (Å²) < 4.78 is 0. The first-order valence-corrected chi connectivity index (χ1v) is 7.65. The number of nitrogens with one attached hydrogen (secondary N) is 1. The van der Waals surface area contributed by atoms with Gasteiger partial charge in [0, 0.05) is 25.8 Å². The van der Waals surface area contributed by atoms with E-state index in [2.05, 4.69) is 11.8 Å². The summed E-state index contributed by atoms with van der Waals surface area (Å²) in [6.07, 6.45) is 7.94. The van der Waals surface area contributed by atoms with Crippen LogP contribution in [0.25, 0.3) is 0 Å². The summed E-state index contributed by atoms with van der Waals surface area (Å²) in [5.74, 6) is 0.478. The molecule has 0 aromatic carbocycles. The zero-order chi connectivity index (χ0) is 14.7. The predicted molar refractivity (Wildman–Crippen MR) is 80.1 cm³/mol. The lowest BCUT2D eigenvalue weighted by molar-refractivity contribution is -0.132. The molecule has 5 nitrogen and oxygen atoms in total. The Bertz CT molecular complexity index is 412. The van der Waals surface area contributed by atoms with Crippen LogP contribution in [0.3, 0.4) is 0 Å². The normalized spacial score (nSPS) is 27.5. The SMILES string of the molecule is CCCC1CN(C2CCCC2)C(=N)/C(=C\N)N(C)C1=O. The number of carbonyl (C=O) groups excluding carboxylic acids is 1. The number of hydrogen-bond donors (Lipinski definition) is 2. The molecule has 1 heterocycles. The maximum atomic E-state index is 12.5. The van der Waals surface area contributed by atoms with Crippen molar-refractivity contribution in [1.82, 2.24) is 9.80 Å². The molecule has 0 aromatic heterocycles. The van der Waals surface area contributed by atoms with E-state index in [1.165, 1.54) is 19.0 Å². The van der Waals surface area contributed by atoms with Gasteiger partial charge in [0.2, 0.25) is 5.91 Å². The Labute approximate surface area is 121 Å². The number of amidine groups is 1. The average molecular weight is 278 g/mol. The third-order valence-corrected chi connectivity index (χ3v) is 4.55. The van der Waals surface area contributed by atoms with Crippen molar-refractivity contribution in [2.75, 3.05) is 13.6 Å². The molecule has 1 saturated heterocycles. The summed E-state index contributed by atoms with van der Waals surface area (Å²) in [4.78, 5) is 16.2. The van der Waals surface area contributed by atoms with E-state index in [4.69, 9.17) is 11.1 Å². The van der Waals surface area contributed by atoms with Crippen LogP contribution in [-0.4, -0.2) is 41.2 Å². The van der Waals surface area contributed by atoms with Gasteiger partial charge in [-0.3, -0.25) is 10.2 Å².